The number of aliphatic hydroxyl groups excluding tert-OH is 2. The Kier molecular flexibility index (Phi) is 3.83. The molecule has 0 spiro atoms. The Balaban J connectivity index is 1.66. The molecule has 0 amide bonds. The molecule has 0 aromatic heterocycles. The predicted molar refractivity (Wildman–Crippen MR) is 93.0 cm³/mol. The van der Waals surface area contributed by atoms with Crippen molar-refractivity contribution in [2.45, 2.75) is 77.7 Å². The Morgan fingerprint density at radius 1 is 0.913 bits per heavy atom. The van der Waals surface area contributed by atoms with Crippen LogP contribution in [0.2, 0.25) is 0 Å². The van der Waals surface area contributed by atoms with Crippen LogP contribution in [0.25, 0.3) is 0 Å². The van der Waals surface area contributed by atoms with Crippen LogP contribution >= 0.6 is 0 Å². The maximum Gasteiger partial charge on any atom is 0.0754 e. The van der Waals surface area contributed by atoms with Gasteiger partial charge in [0.2, 0.25) is 0 Å². The van der Waals surface area contributed by atoms with Crippen LogP contribution in [0.4, 0.5) is 0 Å². The van der Waals surface area contributed by atoms with E-state index in [1.807, 2.05) is 6.08 Å². The summed E-state index contributed by atoms with van der Waals surface area (Å²) < 4.78 is 0. The minimum Gasteiger partial charge on any atom is -0.516 e. The summed E-state index contributed by atoms with van der Waals surface area (Å²) in [5.74, 6) is 3.14. The van der Waals surface area contributed by atoms with Crippen LogP contribution in [0.3, 0.4) is 0 Å². The molecule has 4 saturated carbocycles. The summed E-state index contributed by atoms with van der Waals surface area (Å²) in [4.78, 5) is 0. The molecule has 2 heteroatoms. The molecule has 2 N–H and O–H groups in total. The molecular weight excluding hydrogens is 284 g/mol. The van der Waals surface area contributed by atoms with Crippen molar-refractivity contribution in [2.75, 3.05) is 0 Å². The summed E-state index contributed by atoms with van der Waals surface area (Å²) in [7, 11) is 0. The van der Waals surface area contributed by atoms with E-state index >= 15 is 0 Å². The van der Waals surface area contributed by atoms with Gasteiger partial charge in [-0.05, 0) is 91.4 Å². The minimum atomic E-state index is -0.0855. The van der Waals surface area contributed by atoms with Crippen molar-refractivity contribution in [2.24, 2.45) is 40.4 Å². The Bertz CT molecular complexity index is 486. The maximum absolute atomic E-state index is 11.1. The molecule has 4 aliphatic carbocycles. The molecule has 4 aliphatic rings. The number of hydrogen-bond acceptors (Lipinski definition) is 2. The van der Waals surface area contributed by atoms with Crippen molar-refractivity contribution < 1.29 is 10.2 Å². The zero-order valence-corrected chi connectivity index (χ0v) is 14.9. The van der Waals surface area contributed by atoms with Gasteiger partial charge in [0.1, 0.15) is 0 Å². The second kappa shape index (κ2) is 5.51. The minimum absolute atomic E-state index is 0.0855. The fraction of sp³-hybridized carbons (Fsp3) is 0.905. The number of rotatable bonds is 1. The summed E-state index contributed by atoms with van der Waals surface area (Å²) in [6, 6.07) is 0. The van der Waals surface area contributed by atoms with Crippen molar-refractivity contribution in [3.8, 4) is 0 Å². The van der Waals surface area contributed by atoms with Gasteiger partial charge in [0.05, 0.1) is 12.4 Å². The van der Waals surface area contributed by atoms with Crippen molar-refractivity contribution in [1.82, 2.24) is 0 Å². The maximum atomic E-state index is 11.1. The Labute approximate surface area is 141 Å². The van der Waals surface area contributed by atoms with Gasteiger partial charge in [-0.3, -0.25) is 0 Å². The van der Waals surface area contributed by atoms with E-state index in [0.717, 1.165) is 18.3 Å². The first-order chi connectivity index (χ1) is 11.0. The van der Waals surface area contributed by atoms with E-state index in [2.05, 4.69) is 13.8 Å². The van der Waals surface area contributed by atoms with Crippen molar-refractivity contribution >= 4 is 0 Å². The molecule has 0 aliphatic heterocycles. The summed E-state index contributed by atoms with van der Waals surface area (Å²) in [5, 5.41) is 20.3. The Morgan fingerprint density at radius 2 is 1.70 bits per heavy atom. The normalized spacial score (nSPS) is 56.1. The average molecular weight is 319 g/mol. The first-order valence-corrected chi connectivity index (χ1v) is 9.99. The molecule has 130 valence electrons. The third-order valence-electron chi connectivity index (χ3n) is 8.99. The van der Waals surface area contributed by atoms with Gasteiger partial charge in [0.15, 0.2) is 0 Å². The first-order valence-electron chi connectivity index (χ1n) is 9.99. The fourth-order valence-electron chi connectivity index (χ4n) is 7.72. The topological polar surface area (TPSA) is 40.5 Å². The van der Waals surface area contributed by atoms with Crippen LogP contribution in [0.1, 0.15) is 71.6 Å². The van der Waals surface area contributed by atoms with Crippen molar-refractivity contribution in [3.63, 3.8) is 0 Å². The highest BCUT2D eigenvalue weighted by Gasteiger charge is 2.61. The van der Waals surface area contributed by atoms with Gasteiger partial charge in [-0.15, -0.1) is 0 Å². The Hall–Kier alpha value is -0.500. The van der Waals surface area contributed by atoms with Crippen LogP contribution in [-0.4, -0.2) is 16.3 Å². The SMILES string of the molecule is C[C@]12CC[C@H]3[C@@H]([C@H](O)CC4CCCC[C@@]43C)[C@@H]1CC[C@@H]2C=CO. The van der Waals surface area contributed by atoms with E-state index in [1.165, 1.54) is 57.6 Å². The van der Waals surface area contributed by atoms with Crippen molar-refractivity contribution in [1.29, 1.82) is 0 Å². The second-order valence-corrected chi connectivity index (χ2v) is 9.61. The molecule has 0 aromatic carbocycles. The van der Waals surface area contributed by atoms with Crippen LogP contribution < -0.4 is 0 Å². The Morgan fingerprint density at radius 3 is 2.48 bits per heavy atom. The number of fused-ring (bicyclic) bond motifs is 5. The quantitative estimate of drug-likeness (QED) is 0.662. The second-order valence-electron chi connectivity index (χ2n) is 9.61. The van der Waals surface area contributed by atoms with Crippen LogP contribution in [0.5, 0.6) is 0 Å². The summed E-state index contributed by atoms with van der Waals surface area (Å²) in [5.41, 5.74) is 0.771. The van der Waals surface area contributed by atoms with Crippen LogP contribution in [0.15, 0.2) is 12.3 Å². The number of allylic oxidation sites excluding steroid dienone is 1. The van der Waals surface area contributed by atoms with E-state index in [0.29, 0.717) is 28.6 Å². The number of hydrogen-bond donors (Lipinski definition) is 2. The molecule has 4 rings (SSSR count). The van der Waals surface area contributed by atoms with Crippen LogP contribution in [-0.2, 0) is 0 Å². The van der Waals surface area contributed by atoms with Gasteiger partial charge in [0.25, 0.3) is 0 Å². The van der Waals surface area contributed by atoms with E-state index in [1.54, 1.807) is 0 Å². The lowest BCUT2D eigenvalue weighted by atomic mass is 9.44. The molecular formula is C21H34O2. The molecule has 1 unspecified atom stereocenters. The van der Waals surface area contributed by atoms with Gasteiger partial charge >= 0.3 is 0 Å². The predicted octanol–water partition coefficient (Wildman–Crippen LogP) is 5.08. The molecule has 0 saturated heterocycles. The molecule has 0 radical (unpaired) electrons. The van der Waals surface area contributed by atoms with Gasteiger partial charge in [0, 0.05) is 0 Å². The summed E-state index contributed by atoms with van der Waals surface area (Å²) in [6.45, 7) is 5.00. The zero-order valence-electron chi connectivity index (χ0n) is 14.9. The highest BCUT2D eigenvalue weighted by atomic mass is 16.3. The molecule has 4 fully saturated rings. The lowest BCUT2D eigenvalue weighted by Gasteiger charge is -2.61. The van der Waals surface area contributed by atoms with Gasteiger partial charge < -0.3 is 10.2 Å². The average Bonchev–Trinajstić information content (AvgIpc) is 2.85. The molecule has 23 heavy (non-hydrogen) atoms. The smallest absolute Gasteiger partial charge is 0.0754 e. The molecule has 0 heterocycles. The van der Waals surface area contributed by atoms with E-state index < -0.39 is 0 Å². The van der Waals surface area contributed by atoms with Crippen molar-refractivity contribution in [3.05, 3.63) is 12.3 Å². The summed E-state index contributed by atoms with van der Waals surface area (Å²) in [6.07, 6.45) is 14.7. The fourth-order valence-corrected chi connectivity index (χ4v) is 7.72. The van der Waals surface area contributed by atoms with E-state index in [4.69, 9.17) is 0 Å². The first kappa shape index (κ1) is 16.0. The zero-order chi connectivity index (χ0) is 16.2. The standard InChI is InChI=1S/C21H34O2/c1-20-10-4-3-5-15(20)13-18(23)19-16-7-6-14(9-12-22)21(16,2)11-8-17(19)20/h9,12,14-19,22-23H,3-8,10-11,13H2,1-2H3/t14-,15?,16+,17+,18-,19+,20+,21-/m1/s1. The largest absolute Gasteiger partial charge is 0.516 e. The van der Waals surface area contributed by atoms with Gasteiger partial charge in [-0.2, -0.15) is 0 Å². The lowest BCUT2D eigenvalue weighted by Crippen LogP contribution is -2.57. The monoisotopic (exact) mass is 318 g/mol. The third kappa shape index (κ3) is 2.16. The van der Waals surface area contributed by atoms with Gasteiger partial charge in [-0.1, -0.05) is 26.7 Å². The number of aliphatic hydroxyl groups is 2. The van der Waals surface area contributed by atoms with Crippen LogP contribution in [0, 0.1) is 40.4 Å². The molecule has 8 atom stereocenters. The lowest BCUT2D eigenvalue weighted by molar-refractivity contribution is -0.160. The van der Waals surface area contributed by atoms with E-state index in [-0.39, 0.29) is 6.10 Å². The highest BCUT2D eigenvalue weighted by molar-refractivity contribution is 5.13. The third-order valence-corrected chi connectivity index (χ3v) is 8.99. The molecule has 2 nitrogen and oxygen atoms in total. The van der Waals surface area contributed by atoms with Gasteiger partial charge in [-0.25, -0.2) is 0 Å². The summed E-state index contributed by atoms with van der Waals surface area (Å²) >= 11 is 0. The highest BCUT2D eigenvalue weighted by Crippen LogP contribution is 2.67. The molecule has 0 bridgehead atoms. The van der Waals surface area contributed by atoms with E-state index in [9.17, 15) is 10.2 Å². The molecule has 0 aromatic rings.